The van der Waals surface area contributed by atoms with Crippen LogP contribution in [0.15, 0.2) is 22.8 Å². The van der Waals surface area contributed by atoms with E-state index in [9.17, 15) is 9.59 Å². The van der Waals surface area contributed by atoms with Crippen LogP contribution in [0.1, 0.15) is 30.9 Å². The number of rotatable bonds is 1. The van der Waals surface area contributed by atoms with E-state index in [2.05, 4.69) is 20.9 Å². The number of Topliss-reactive ketones (excluding diaryl/α,β-unsaturated/α-hetero) is 2. The SMILES string of the molecule is O=C1CC(=O)CC(c2ccc(Br)cn2)C1. The second-order valence-corrected chi connectivity index (χ2v) is 4.68. The number of carbonyl (C=O) groups excluding carboxylic acids is 2. The monoisotopic (exact) mass is 267 g/mol. The normalized spacial score (nSPS) is 18.2. The molecule has 0 aliphatic heterocycles. The first kappa shape index (κ1) is 10.5. The Hall–Kier alpha value is -1.03. The van der Waals surface area contributed by atoms with Crippen LogP contribution in [0.5, 0.6) is 0 Å². The standard InChI is InChI=1S/C11H10BrNO2/c12-8-1-2-11(13-6-8)7-3-9(14)5-10(15)4-7/h1-2,6-7H,3-5H2. The third kappa shape index (κ3) is 2.50. The summed E-state index contributed by atoms with van der Waals surface area (Å²) in [5.74, 6) is 0.0359. The zero-order chi connectivity index (χ0) is 10.8. The van der Waals surface area contributed by atoms with Gasteiger partial charge in [-0.3, -0.25) is 14.6 Å². The molecule has 2 rings (SSSR count). The second kappa shape index (κ2) is 4.23. The maximum atomic E-state index is 11.3. The summed E-state index contributed by atoms with van der Waals surface area (Å²) in [5.41, 5.74) is 0.833. The van der Waals surface area contributed by atoms with Crippen LogP contribution in [-0.4, -0.2) is 16.6 Å². The maximum absolute atomic E-state index is 11.3. The predicted octanol–water partition coefficient (Wildman–Crippen LogP) is 2.25. The van der Waals surface area contributed by atoms with Crippen LogP contribution < -0.4 is 0 Å². The smallest absolute Gasteiger partial charge is 0.140 e. The van der Waals surface area contributed by atoms with E-state index in [1.165, 1.54) is 0 Å². The van der Waals surface area contributed by atoms with E-state index in [1.54, 1.807) is 6.20 Å². The minimum Gasteiger partial charge on any atom is -0.299 e. The summed E-state index contributed by atoms with van der Waals surface area (Å²) >= 11 is 3.30. The molecule has 0 atom stereocenters. The van der Waals surface area contributed by atoms with Crippen LogP contribution in [0, 0.1) is 0 Å². The summed E-state index contributed by atoms with van der Waals surface area (Å²) in [4.78, 5) is 26.8. The Morgan fingerprint density at radius 3 is 2.40 bits per heavy atom. The summed E-state index contributed by atoms with van der Waals surface area (Å²) in [5, 5.41) is 0. The molecule has 1 aromatic rings. The van der Waals surface area contributed by atoms with Crippen molar-refractivity contribution in [3.05, 3.63) is 28.5 Å². The minimum atomic E-state index is -0.0214. The fraction of sp³-hybridized carbons (Fsp3) is 0.364. The van der Waals surface area contributed by atoms with Gasteiger partial charge in [0.15, 0.2) is 0 Å². The summed E-state index contributed by atoms with van der Waals surface area (Å²) in [6.45, 7) is 0. The van der Waals surface area contributed by atoms with Crippen molar-refractivity contribution in [1.29, 1.82) is 0 Å². The molecule has 78 valence electrons. The van der Waals surface area contributed by atoms with Crippen molar-refractivity contribution in [3.63, 3.8) is 0 Å². The zero-order valence-electron chi connectivity index (χ0n) is 8.07. The minimum absolute atomic E-state index is 0.0214. The lowest BCUT2D eigenvalue weighted by molar-refractivity contribution is -0.130. The zero-order valence-corrected chi connectivity index (χ0v) is 9.66. The third-order valence-corrected chi connectivity index (χ3v) is 2.98. The Kier molecular flexibility index (Phi) is 2.95. The molecule has 0 amide bonds. The Morgan fingerprint density at radius 1 is 1.20 bits per heavy atom. The Bertz CT molecular complexity index is 384. The van der Waals surface area contributed by atoms with E-state index in [1.807, 2.05) is 12.1 Å². The van der Waals surface area contributed by atoms with E-state index < -0.39 is 0 Å². The Balaban J connectivity index is 2.19. The number of nitrogens with zero attached hydrogens (tertiary/aromatic N) is 1. The van der Waals surface area contributed by atoms with Gasteiger partial charge >= 0.3 is 0 Å². The lowest BCUT2D eigenvalue weighted by Crippen LogP contribution is -2.21. The van der Waals surface area contributed by atoms with E-state index in [0.29, 0.717) is 12.8 Å². The molecule has 1 aromatic heterocycles. The highest BCUT2D eigenvalue weighted by Crippen LogP contribution is 2.28. The highest BCUT2D eigenvalue weighted by molar-refractivity contribution is 9.10. The number of aromatic nitrogens is 1. The van der Waals surface area contributed by atoms with Gasteiger partial charge in [-0.05, 0) is 28.1 Å². The van der Waals surface area contributed by atoms with Crippen molar-refractivity contribution in [2.75, 3.05) is 0 Å². The van der Waals surface area contributed by atoms with Crippen molar-refractivity contribution in [2.45, 2.75) is 25.2 Å². The molecule has 0 aromatic carbocycles. The second-order valence-electron chi connectivity index (χ2n) is 3.76. The van der Waals surface area contributed by atoms with Gasteiger partial charge in [0.2, 0.25) is 0 Å². The van der Waals surface area contributed by atoms with Crippen LogP contribution in [0.2, 0.25) is 0 Å². The van der Waals surface area contributed by atoms with Gasteiger partial charge in [0, 0.05) is 35.1 Å². The van der Waals surface area contributed by atoms with Crippen molar-refractivity contribution < 1.29 is 9.59 Å². The Morgan fingerprint density at radius 2 is 1.87 bits per heavy atom. The number of carbonyl (C=O) groups is 2. The van der Waals surface area contributed by atoms with Gasteiger partial charge in [0.25, 0.3) is 0 Å². The molecule has 4 heteroatoms. The lowest BCUT2D eigenvalue weighted by Gasteiger charge is -2.19. The molecule has 3 nitrogen and oxygen atoms in total. The van der Waals surface area contributed by atoms with Gasteiger partial charge in [-0.1, -0.05) is 0 Å². The molecule has 15 heavy (non-hydrogen) atoms. The fourth-order valence-electron chi connectivity index (χ4n) is 1.82. The average molecular weight is 268 g/mol. The number of pyridine rings is 1. The molecule has 0 unspecified atom stereocenters. The predicted molar refractivity (Wildman–Crippen MR) is 58.5 cm³/mol. The topological polar surface area (TPSA) is 47.0 Å². The van der Waals surface area contributed by atoms with Crippen LogP contribution in [-0.2, 0) is 9.59 Å². The summed E-state index contributed by atoms with van der Waals surface area (Å²) < 4.78 is 0.903. The lowest BCUT2D eigenvalue weighted by atomic mass is 9.85. The van der Waals surface area contributed by atoms with E-state index in [4.69, 9.17) is 0 Å². The van der Waals surface area contributed by atoms with E-state index in [-0.39, 0.29) is 23.9 Å². The van der Waals surface area contributed by atoms with Crippen LogP contribution >= 0.6 is 15.9 Å². The van der Waals surface area contributed by atoms with Gasteiger partial charge in [-0.2, -0.15) is 0 Å². The molecule has 1 heterocycles. The largest absolute Gasteiger partial charge is 0.299 e. The molecule has 0 bridgehead atoms. The van der Waals surface area contributed by atoms with E-state index >= 15 is 0 Å². The van der Waals surface area contributed by atoms with Gasteiger partial charge in [0.05, 0.1) is 6.42 Å². The number of hydrogen-bond donors (Lipinski definition) is 0. The third-order valence-electron chi connectivity index (χ3n) is 2.51. The molecular weight excluding hydrogens is 258 g/mol. The molecule has 1 saturated carbocycles. The quantitative estimate of drug-likeness (QED) is 0.734. The first-order valence-corrected chi connectivity index (χ1v) is 5.59. The molecule has 1 aliphatic carbocycles. The molecule has 0 spiro atoms. The van der Waals surface area contributed by atoms with Crippen molar-refractivity contribution in [3.8, 4) is 0 Å². The highest BCUT2D eigenvalue weighted by Gasteiger charge is 2.27. The first-order chi connectivity index (χ1) is 7.15. The average Bonchev–Trinajstić information content (AvgIpc) is 2.17. The number of halogens is 1. The van der Waals surface area contributed by atoms with Crippen LogP contribution in [0.25, 0.3) is 0 Å². The van der Waals surface area contributed by atoms with Crippen molar-refractivity contribution >= 4 is 27.5 Å². The molecule has 1 aliphatic rings. The number of ketones is 2. The molecule has 0 N–H and O–H groups in total. The van der Waals surface area contributed by atoms with Gasteiger partial charge in [-0.15, -0.1) is 0 Å². The highest BCUT2D eigenvalue weighted by atomic mass is 79.9. The van der Waals surface area contributed by atoms with E-state index in [0.717, 1.165) is 10.2 Å². The first-order valence-electron chi connectivity index (χ1n) is 4.80. The summed E-state index contributed by atoms with van der Waals surface area (Å²) in [6, 6.07) is 3.74. The van der Waals surface area contributed by atoms with Gasteiger partial charge in [-0.25, -0.2) is 0 Å². The molecular formula is C11H10BrNO2. The molecule has 0 radical (unpaired) electrons. The fourth-order valence-corrected chi connectivity index (χ4v) is 2.06. The summed E-state index contributed by atoms with van der Waals surface area (Å²) in [6.07, 6.45) is 2.69. The van der Waals surface area contributed by atoms with Crippen molar-refractivity contribution in [1.82, 2.24) is 4.98 Å². The van der Waals surface area contributed by atoms with Crippen LogP contribution in [0.3, 0.4) is 0 Å². The molecule has 1 fully saturated rings. The number of hydrogen-bond acceptors (Lipinski definition) is 3. The maximum Gasteiger partial charge on any atom is 0.140 e. The van der Waals surface area contributed by atoms with Crippen molar-refractivity contribution in [2.24, 2.45) is 0 Å². The van der Waals surface area contributed by atoms with Gasteiger partial charge < -0.3 is 0 Å². The van der Waals surface area contributed by atoms with Gasteiger partial charge in [0.1, 0.15) is 11.6 Å². The molecule has 0 saturated heterocycles. The van der Waals surface area contributed by atoms with Crippen LogP contribution in [0.4, 0.5) is 0 Å². The Labute approximate surface area is 96.0 Å². The summed E-state index contributed by atoms with van der Waals surface area (Å²) in [7, 11) is 0.